The molecule has 1 heterocycles. The summed E-state index contributed by atoms with van der Waals surface area (Å²) >= 11 is 0. The monoisotopic (exact) mass is 683 g/mol. The first kappa shape index (κ1) is 31.4. The van der Waals surface area contributed by atoms with E-state index in [-0.39, 0.29) is 22.0 Å². The summed E-state index contributed by atoms with van der Waals surface area (Å²) in [4.78, 5) is 1.28. The Kier molecular flexibility index (Phi) is 7.54. The molecular weight excluding hydrogens is 658 g/mol. The number of thiophene rings is 1. The third kappa shape index (κ3) is 5.00. The molecule has 1 aliphatic rings. The molecule has 240 valence electrons. The van der Waals surface area contributed by atoms with Crippen LogP contribution in [0.15, 0.2) is 140 Å². The van der Waals surface area contributed by atoms with Gasteiger partial charge in [0.15, 0.2) is 14.3 Å². The Balaban J connectivity index is 0.000000408. The Morgan fingerprint density at radius 3 is 1.50 bits per heavy atom. The highest BCUT2D eigenvalue weighted by Gasteiger charge is 2.47. The van der Waals surface area contributed by atoms with Crippen LogP contribution < -0.4 is 0 Å². The highest BCUT2D eigenvalue weighted by atomic mass is 32.2. The van der Waals surface area contributed by atoms with Crippen LogP contribution in [0.3, 0.4) is 0 Å². The van der Waals surface area contributed by atoms with Crippen molar-refractivity contribution in [2.24, 2.45) is 0 Å². The molecule has 6 aromatic carbocycles. The van der Waals surface area contributed by atoms with Crippen LogP contribution in [0.4, 0.5) is 13.2 Å². The van der Waals surface area contributed by atoms with Crippen LogP contribution in [-0.2, 0) is 15.5 Å². The maximum absolute atomic E-state index is 10.7. The van der Waals surface area contributed by atoms with Crippen LogP contribution in [0.25, 0.3) is 36.2 Å². The van der Waals surface area contributed by atoms with Gasteiger partial charge in [-0.1, -0.05) is 72.8 Å². The van der Waals surface area contributed by atoms with Crippen LogP contribution in [-0.4, -0.2) is 28.7 Å². The average Bonchev–Trinajstić information content (AvgIpc) is 3.56. The molecule has 1 aromatic heterocycles. The molecule has 0 unspecified atom stereocenters. The smallest absolute Gasteiger partial charge is 0.508 e. The van der Waals surface area contributed by atoms with Crippen molar-refractivity contribution < 1.29 is 36.4 Å². The topological polar surface area (TPSA) is 94.8 Å². The van der Waals surface area contributed by atoms with Crippen LogP contribution in [0.5, 0.6) is 11.5 Å². The molecule has 0 bridgehead atoms. The number of rotatable bonds is 3. The number of phenolic OH excluding ortho intramolecular Hbond substituents is 2. The predicted octanol–water partition coefficient (Wildman–Crippen LogP) is 9.90. The normalized spacial score (nSPS) is 13.5. The third-order valence-electron chi connectivity index (χ3n) is 8.65. The van der Waals surface area contributed by atoms with Crippen molar-refractivity contribution >= 4 is 40.8 Å². The first-order chi connectivity index (χ1) is 22.9. The fourth-order valence-corrected chi connectivity index (χ4v) is 9.11. The van der Waals surface area contributed by atoms with E-state index >= 15 is 0 Å². The van der Waals surface area contributed by atoms with Gasteiger partial charge in [0.25, 0.3) is 0 Å². The summed E-state index contributed by atoms with van der Waals surface area (Å²) in [6.07, 6.45) is 0. The third-order valence-corrected chi connectivity index (χ3v) is 11.6. The minimum atomic E-state index is -5.84. The summed E-state index contributed by atoms with van der Waals surface area (Å²) < 4.78 is 60.3. The predicted molar refractivity (Wildman–Crippen MR) is 184 cm³/mol. The molecule has 0 aliphatic heterocycles. The van der Waals surface area contributed by atoms with Crippen LogP contribution in [0, 0.1) is 0 Å². The fourth-order valence-electron chi connectivity index (χ4n) is 6.70. The molecule has 7 aromatic rings. The largest absolute Gasteiger partial charge is 0.522 e. The highest BCUT2D eigenvalue weighted by Crippen LogP contribution is 2.58. The highest BCUT2D eigenvalue weighted by molar-refractivity contribution is 7.86. The lowest BCUT2D eigenvalue weighted by Gasteiger charge is -2.33. The zero-order valence-corrected chi connectivity index (χ0v) is 26.5. The second kappa shape index (κ2) is 11.5. The molecular formula is C38H26F3O5S2+. The molecule has 0 saturated carbocycles. The van der Waals surface area contributed by atoms with Gasteiger partial charge in [0.1, 0.15) is 11.5 Å². The van der Waals surface area contributed by atoms with E-state index in [4.69, 9.17) is 13.0 Å². The number of aromatic hydroxyl groups is 2. The molecule has 0 fully saturated rings. The molecule has 8 rings (SSSR count). The van der Waals surface area contributed by atoms with Crippen molar-refractivity contribution in [3.05, 3.63) is 162 Å². The van der Waals surface area contributed by atoms with Gasteiger partial charge >= 0.3 is 15.6 Å². The number of hydrogen-bond acceptors (Lipinski definition) is 4. The Morgan fingerprint density at radius 1 is 0.562 bits per heavy atom. The van der Waals surface area contributed by atoms with Crippen LogP contribution >= 0.6 is 10.5 Å². The summed E-state index contributed by atoms with van der Waals surface area (Å²) in [5, 5.41) is 23.1. The average molecular weight is 684 g/mol. The summed E-state index contributed by atoms with van der Waals surface area (Å²) in [7, 11) is -6.07. The van der Waals surface area contributed by atoms with E-state index < -0.39 is 21.0 Å². The maximum atomic E-state index is 10.7. The number of hydrogen-bond donors (Lipinski definition) is 3. The summed E-state index contributed by atoms with van der Waals surface area (Å²) in [5.74, 6) is 0.482. The second-order valence-corrected chi connectivity index (χ2v) is 14.7. The molecule has 5 nitrogen and oxygen atoms in total. The van der Waals surface area contributed by atoms with Crippen molar-refractivity contribution in [3.8, 4) is 27.5 Å². The molecule has 0 amide bonds. The van der Waals surface area contributed by atoms with Gasteiger partial charge in [0, 0.05) is 27.3 Å². The second-order valence-electron chi connectivity index (χ2n) is 11.3. The minimum absolute atomic E-state index is 0.232. The van der Waals surface area contributed by atoms with E-state index in [9.17, 15) is 23.4 Å². The number of benzene rings is 6. The molecule has 0 spiro atoms. The van der Waals surface area contributed by atoms with E-state index in [1.165, 1.54) is 47.3 Å². The van der Waals surface area contributed by atoms with Crippen molar-refractivity contribution in [1.29, 1.82) is 0 Å². The molecule has 1 aliphatic carbocycles. The number of alkyl halides is 3. The first-order valence-electron chi connectivity index (χ1n) is 14.7. The summed E-state index contributed by atoms with van der Waals surface area (Å²) in [6.45, 7) is 0. The molecule has 10 heteroatoms. The summed E-state index contributed by atoms with van der Waals surface area (Å²) in [6, 6.07) is 48.4. The lowest BCUT2D eigenvalue weighted by atomic mass is 9.67. The maximum Gasteiger partial charge on any atom is 0.522 e. The van der Waals surface area contributed by atoms with Gasteiger partial charge in [0.05, 0.1) is 5.41 Å². The van der Waals surface area contributed by atoms with E-state index in [2.05, 4.69) is 91.0 Å². The Labute approximate surface area is 276 Å². The van der Waals surface area contributed by atoms with Gasteiger partial charge in [-0.15, -0.1) is 0 Å². The van der Waals surface area contributed by atoms with E-state index in [1.807, 2.05) is 24.3 Å². The zero-order valence-electron chi connectivity index (χ0n) is 24.9. The lowest BCUT2D eigenvalue weighted by Crippen LogP contribution is -2.28. The van der Waals surface area contributed by atoms with Gasteiger partial charge in [-0.3, -0.25) is 4.55 Å². The fraction of sp³-hybridized carbons (Fsp3) is 0.0526. The van der Waals surface area contributed by atoms with Crippen LogP contribution in [0.1, 0.15) is 22.3 Å². The van der Waals surface area contributed by atoms with Crippen molar-refractivity contribution in [2.75, 3.05) is 0 Å². The Hall–Kier alpha value is -5.16. The Bertz CT molecular complexity index is 2330. The Morgan fingerprint density at radius 2 is 1.00 bits per heavy atom. The number of phenols is 2. The standard InChI is InChI=1S/C37H24O2S.CHF3O3S/c38-26-17-13-24(14-18-26)37(25-15-19-27(39)20-16-25)33-10-4-1-7-29(33)30-22-21-28(23-34(30)37)40-35-11-5-2-8-31(35)32-9-3-6-12-36(32)40;2-1(3,4)8(5,6)7/h1-23H,(H-,38,39);(H,5,6,7)/p+1. The SMILES string of the molecule is O=S(=O)(O)C(F)(F)F.Oc1ccc(C2(c3ccc(O)cc3)c3ccccc3-c3ccc(-[s+]4c5ccccc5c5ccccc54)cc32)cc1. The summed E-state index contributed by atoms with van der Waals surface area (Å²) in [5.41, 5.74) is 0.861. The van der Waals surface area contributed by atoms with E-state index in [1.54, 1.807) is 24.3 Å². The van der Waals surface area contributed by atoms with Gasteiger partial charge in [-0.2, -0.15) is 21.6 Å². The molecule has 0 atom stereocenters. The quantitative estimate of drug-likeness (QED) is 0.0979. The van der Waals surface area contributed by atoms with Crippen molar-refractivity contribution in [3.63, 3.8) is 0 Å². The van der Waals surface area contributed by atoms with E-state index in [0.717, 1.165) is 11.1 Å². The minimum Gasteiger partial charge on any atom is -0.508 e. The molecule has 3 N–H and O–H groups in total. The van der Waals surface area contributed by atoms with Crippen molar-refractivity contribution in [2.45, 2.75) is 10.9 Å². The van der Waals surface area contributed by atoms with Gasteiger partial charge < -0.3 is 10.2 Å². The number of fused-ring (bicyclic) bond motifs is 6. The molecule has 48 heavy (non-hydrogen) atoms. The first-order valence-corrected chi connectivity index (χ1v) is 17.4. The molecule has 0 saturated heterocycles. The van der Waals surface area contributed by atoms with Gasteiger partial charge in [-0.25, -0.2) is 0 Å². The zero-order chi connectivity index (χ0) is 33.8. The van der Waals surface area contributed by atoms with Crippen molar-refractivity contribution in [1.82, 2.24) is 0 Å². The van der Waals surface area contributed by atoms with E-state index in [0.29, 0.717) is 0 Å². The molecule has 0 radical (unpaired) electrons. The van der Waals surface area contributed by atoms with Gasteiger partial charge in [-0.05, 0) is 94.0 Å². The van der Waals surface area contributed by atoms with Gasteiger partial charge in [0.2, 0.25) is 0 Å². The lowest BCUT2D eigenvalue weighted by molar-refractivity contribution is -0.0510. The number of halogens is 3. The van der Waals surface area contributed by atoms with Crippen LogP contribution in [0.2, 0.25) is 0 Å².